The molecule has 0 spiro atoms. The second-order valence-corrected chi connectivity index (χ2v) is 7.22. The van der Waals surface area contributed by atoms with Crippen LogP contribution in [0.15, 0.2) is 48.5 Å². The van der Waals surface area contributed by atoms with Crippen LogP contribution in [0.1, 0.15) is 60.7 Å². The number of rotatable bonds is 9. The second kappa shape index (κ2) is 9.15. The van der Waals surface area contributed by atoms with E-state index in [0.29, 0.717) is 37.2 Å². The van der Waals surface area contributed by atoms with Gasteiger partial charge in [-0.15, -0.1) is 5.10 Å². The Morgan fingerprint density at radius 2 is 1.80 bits per heavy atom. The van der Waals surface area contributed by atoms with Crippen LogP contribution in [0.5, 0.6) is 0 Å². The van der Waals surface area contributed by atoms with Crippen LogP contribution in [0.2, 0.25) is 0 Å². The Balaban J connectivity index is 1.83. The van der Waals surface area contributed by atoms with E-state index in [1.807, 2.05) is 38.1 Å². The van der Waals surface area contributed by atoms with Gasteiger partial charge in [-0.3, -0.25) is 0 Å². The summed E-state index contributed by atoms with van der Waals surface area (Å²) in [6.07, 6.45) is 1.35. The molecule has 3 aromatic rings. The Kier molecular flexibility index (Phi) is 6.59. The lowest BCUT2D eigenvalue weighted by atomic mass is 9.99. The summed E-state index contributed by atoms with van der Waals surface area (Å²) < 4.78 is 30.3. The number of carboxylic acids is 1. The molecule has 3 rings (SSSR count). The largest absolute Gasteiger partial charge is 0.478 e. The van der Waals surface area contributed by atoms with Gasteiger partial charge in [0.1, 0.15) is 5.82 Å². The van der Waals surface area contributed by atoms with Crippen LogP contribution >= 0.6 is 0 Å². The lowest BCUT2D eigenvalue weighted by molar-refractivity contribution is -0.0245. The van der Waals surface area contributed by atoms with Crippen molar-refractivity contribution in [2.24, 2.45) is 0 Å². The van der Waals surface area contributed by atoms with E-state index in [1.54, 1.807) is 24.3 Å². The van der Waals surface area contributed by atoms with Crippen molar-refractivity contribution in [1.82, 2.24) is 14.8 Å². The van der Waals surface area contributed by atoms with Crippen LogP contribution < -0.4 is 0 Å². The standard InChI is InChI=1S/C23H25F2N3O2/c1-3-5-14-23(24,25)22-26-20(4-2)28(27-22)15-16-10-12-17(13-11-16)18-8-6-7-9-19(18)21(29)30/h6-13H,3-5,14-15H2,1-2H3,(H,29,30). The Labute approximate surface area is 174 Å². The highest BCUT2D eigenvalue weighted by atomic mass is 19.3. The minimum atomic E-state index is -3.03. The molecule has 0 fully saturated rings. The lowest BCUT2D eigenvalue weighted by Gasteiger charge is -2.11. The second-order valence-electron chi connectivity index (χ2n) is 7.22. The zero-order chi connectivity index (χ0) is 21.7. The Hall–Kier alpha value is -3.09. The summed E-state index contributed by atoms with van der Waals surface area (Å²) >= 11 is 0. The monoisotopic (exact) mass is 413 g/mol. The summed E-state index contributed by atoms with van der Waals surface area (Å²) in [6, 6.07) is 14.2. The zero-order valence-corrected chi connectivity index (χ0v) is 17.1. The maximum atomic E-state index is 14.4. The Morgan fingerprint density at radius 3 is 2.43 bits per heavy atom. The number of carbonyl (C=O) groups is 1. The molecule has 1 aromatic heterocycles. The first-order valence-electron chi connectivity index (χ1n) is 10.1. The molecular formula is C23H25F2N3O2. The van der Waals surface area contributed by atoms with Crippen LogP contribution in [-0.4, -0.2) is 25.8 Å². The number of benzene rings is 2. The highest BCUT2D eigenvalue weighted by Crippen LogP contribution is 2.31. The van der Waals surface area contributed by atoms with E-state index >= 15 is 0 Å². The zero-order valence-electron chi connectivity index (χ0n) is 17.1. The molecule has 0 radical (unpaired) electrons. The number of carboxylic acid groups (broad SMARTS) is 1. The molecule has 1 heterocycles. The van der Waals surface area contributed by atoms with Crippen molar-refractivity contribution in [3.63, 3.8) is 0 Å². The molecule has 0 saturated heterocycles. The fraction of sp³-hybridized carbons (Fsp3) is 0.348. The number of hydrogen-bond donors (Lipinski definition) is 1. The van der Waals surface area contributed by atoms with E-state index in [9.17, 15) is 18.7 Å². The maximum absolute atomic E-state index is 14.4. The summed E-state index contributed by atoms with van der Waals surface area (Å²) in [7, 11) is 0. The lowest BCUT2D eigenvalue weighted by Crippen LogP contribution is -2.16. The smallest absolute Gasteiger partial charge is 0.336 e. The molecule has 158 valence electrons. The predicted octanol–water partition coefficient (Wildman–Crippen LogP) is 5.54. The number of aromatic carboxylic acids is 1. The molecule has 30 heavy (non-hydrogen) atoms. The third-order valence-corrected chi connectivity index (χ3v) is 4.99. The molecular weight excluding hydrogens is 388 g/mol. The van der Waals surface area contributed by atoms with E-state index in [2.05, 4.69) is 10.1 Å². The number of hydrogen-bond acceptors (Lipinski definition) is 3. The van der Waals surface area contributed by atoms with Gasteiger partial charge in [0.05, 0.1) is 12.1 Å². The summed E-state index contributed by atoms with van der Waals surface area (Å²) in [5, 5.41) is 13.5. The van der Waals surface area contributed by atoms with Gasteiger partial charge in [-0.2, -0.15) is 8.78 Å². The van der Waals surface area contributed by atoms with Crippen molar-refractivity contribution in [3.05, 3.63) is 71.3 Å². The van der Waals surface area contributed by atoms with Crippen molar-refractivity contribution in [2.75, 3.05) is 0 Å². The number of nitrogens with zero attached hydrogens (tertiary/aromatic N) is 3. The SMILES string of the molecule is CCCCC(F)(F)c1nc(CC)n(Cc2ccc(-c3ccccc3C(=O)O)cc2)n1. The van der Waals surface area contributed by atoms with Crippen LogP contribution in [0.4, 0.5) is 8.78 Å². The summed E-state index contributed by atoms with van der Waals surface area (Å²) in [4.78, 5) is 15.5. The van der Waals surface area contributed by atoms with Gasteiger partial charge in [-0.25, -0.2) is 14.5 Å². The molecule has 2 aromatic carbocycles. The molecule has 5 nitrogen and oxygen atoms in total. The Bertz CT molecular complexity index is 1010. The van der Waals surface area contributed by atoms with Gasteiger partial charge in [-0.05, 0) is 29.2 Å². The van der Waals surface area contributed by atoms with Gasteiger partial charge in [-0.1, -0.05) is 62.7 Å². The number of halogens is 2. The summed E-state index contributed by atoms with van der Waals surface area (Å²) in [5.41, 5.74) is 2.51. The first-order valence-corrected chi connectivity index (χ1v) is 10.1. The van der Waals surface area contributed by atoms with Crippen LogP contribution in [0.25, 0.3) is 11.1 Å². The van der Waals surface area contributed by atoms with Gasteiger partial charge in [0, 0.05) is 12.8 Å². The molecule has 0 atom stereocenters. The molecule has 0 aliphatic rings. The van der Waals surface area contributed by atoms with Gasteiger partial charge >= 0.3 is 11.9 Å². The molecule has 1 N–H and O–H groups in total. The molecule has 0 unspecified atom stereocenters. The van der Waals surface area contributed by atoms with E-state index in [1.165, 1.54) is 4.68 Å². The molecule has 7 heteroatoms. The minimum absolute atomic E-state index is 0.230. The average Bonchev–Trinajstić information content (AvgIpc) is 3.16. The van der Waals surface area contributed by atoms with E-state index in [0.717, 1.165) is 11.1 Å². The fourth-order valence-corrected chi connectivity index (χ4v) is 3.31. The van der Waals surface area contributed by atoms with Crippen molar-refractivity contribution in [3.8, 4) is 11.1 Å². The van der Waals surface area contributed by atoms with Crippen LogP contribution in [-0.2, 0) is 18.9 Å². The molecule has 0 bridgehead atoms. The third kappa shape index (κ3) is 4.72. The van der Waals surface area contributed by atoms with Crippen LogP contribution in [0.3, 0.4) is 0 Å². The van der Waals surface area contributed by atoms with Gasteiger partial charge in [0.15, 0.2) is 0 Å². The molecule has 0 aliphatic carbocycles. The molecule has 0 saturated carbocycles. The van der Waals surface area contributed by atoms with Crippen molar-refractivity contribution < 1.29 is 18.7 Å². The molecule has 0 amide bonds. The highest BCUT2D eigenvalue weighted by molar-refractivity contribution is 5.95. The minimum Gasteiger partial charge on any atom is -0.478 e. The van der Waals surface area contributed by atoms with Gasteiger partial charge < -0.3 is 5.11 Å². The predicted molar refractivity (Wildman–Crippen MR) is 111 cm³/mol. The Morgan fingerprint density at radius 1 is 1.10 bits per heavy atom. The summed E-state index contributed by atoms with van der Waals surface area (Å²) in [5.74, 6) is -3.92. The topological polar surface area (TPSA) is 68.0 Å². The first kappa shape index (κ1) is 21.6. The first-order chi connectivity index (χ1) is 14.4. The average molecular weight is 413 g/mol. The van der Waals surface area contributed by atoms with Gasteiger partial charge in [0.2, 0.25) is 5.82 Å². The van der Waals surface area contributed by atoms with E-state index in [-0.39, 0.29) is 12.0 Å². The number of unbranched alkanes of at least 4 members (excludes halogenated alkanes) is 1. The summed E-state index contributed by atoms with van der Waals surface area (Å²) in [6.45, 7) is 4.05. The van der Waals surface area contributed by atoms with Crippen LogP contribution in [0, 0.1) is 0 Å². The quantitative estimate of drug-likeness (QED) is 0.500. The van der Waals surface area contributed by atoms with Gasteiger partial charge in [0.25, 0.3) is 0 Å². The third-order valence-electron chi connectivity index (χ3n) is 4.99. The maximum Gasteiger partial charge on any atom is 0.336 e. The number of aromatic nitrogens is 3. The molecule has 0 aliphatic heterocycles. The van der Waals surface area contributed by atoms with Crippen molar-refractivity contribution in [1.29, 1.82) is 0 Å². The number of aryl methyl sites for hydroxylation is 1. The van der Waals surface area contributed by atoms with E-state index < -0.39 is 17.7 Å². The van der Waals surface area contributed by atoms with Crippen molar-refractivity contribution in [2.45, 2.75) is 52.0 Å². The van der Waals surface area contributed by atoms with Crippen molar-refractivity contribution >= 4 is 5.97 Å². The normalized spacial score (nSPS) is 11.6. The van der Waals surface area contributed by atoms with E-state index in [4.69, 9.17) is 0 Å². The number of alkyl halides is 2. The fourth-order valence-electron chi connectivity index (χ4n) is 3.31. The highest BCUT2D eigenvalue weighted by Gasteiger charge is 2.36.